The molecule has 2 aromatic carbocycles. The maximum Gasteiger partial charge on any atom is 0.222 e. The van der Waals surface area contributed by atoms with Crippen LogP contribution in [0.15, 0.2) is 48.5 Å². The fraction of sp³-hybridized carbons (Fsp3) is 0.125. The summed E-state index contributed by atoms with van der Waals surface area (Å²) in [5.74, 6) is 0.978. The van der Waals surface area contributed by atoms with Crippen LogP contribution in [0.3, 0.4) is 0 Å². The van der Waals surface area contributed by atoms with Crippen molar-refractivity contribution < 1.29 is 0 Å². The number of aromatic nitrogens is 2. The van der Waals surface area contributed by atoms with Gasteiger partial charge in [-0.2, -0.15) is 4.98 Å². The number of rotatable bonds is 3. The van der Waals surface area contributed by atoms with Gasteiger partial charge in [0.15, 0.2) is 0 Å². The highest BCUT2D eigenvalue weighted by Gasteiger charge is 2.09. The van der Waals surface area contributed by atoms with Gasteiger partial charge < -0.3 is 16.0 Å². The summed E-state index contributed by atoms with van der Waals surface area (Å²) >= 11 is 0. The van der Waals surface area contributed by atoms with Crippen molar-refractivity contribution in [3.63, 3.8) is 0 Å². The molecule has 0 spiro atoms. The predicted molar refractivity (Wildman–Crippen MR) is 88.0 cm³/mol. The second-order valence-corrected chi connectivity index (χ2v) is 4.98. The summed E-state index contributed by atoms with van der Waals surface area (Å²) in [5, 5.41) is 4.31. The van der Waals surface area contributed by atoms with Crippen LogP contribution in [-0.4, -0.2) is 24.1 Å². The van der Waals surface area contributed by atoms with Crippen LogP contribution in [0.2, 0.25) is 0 Å². The zero-order valence-corrected chi connectivity index (χ0v) is 12.0. The Hall–Kier alpha value is -2.82. The van der Waals surface area contributed by atoms with Gasteiger partial charge in [0.25, 0.3) is 0 Å². The van der Waals surface area contributed by atoms with Gasteiger partial charge in [-0.05, 0) is 24.3 Å². The van der Waals surface area contributed by atoms with Gasteiger partial charge in [0, 0.05) is 19.5 Å². The minimum Gasteiger partial charge on any atom is -0.376 e. The third kappa shape index (κ3) is 2.58. The van der Waals surface area contributed by atoms with E-state index in [9.17, 15) is 0 Å². The van der Waals surface area contributed by atoms with Gasteiger partial charge in [-0.1, -0.05) is 24.3 Å². The molecule has 0 aliphatic carbocycles. The second-order valence-electron chi connectivity index (χ2n) is 4.98. The summed E-state index contributed by atoms with van der Waals surface area (Å²) in [6, 6.07) is 15.9. The maximum atomic E-state index is 5.80. The molecule has 106 valence electrons. The number of hydrogen-bond acceptors (Lipinski definition) is 5. The van der Waals surface area contributed by atoms with Crippen molar-refractivity contribution >= 4 is 34.0 Å². The lowest BCUT2D eigenvalue weighted by Crippen LogP contribution is -2.11. The highest BCUT2D eigenvalue weighted by molar-refractivity contribution is 5.92. The molecule has 0 bridgehead atoms. The SMILES string of the molecule is CN(C)c1ccccc1Nc1nc(N)nc2ccccc12. The first kappa shape index (κ1) is 13.2. The minimum absolute atomic E-state index is 0.263. The Kier molecular flexibility index (Phi) is 3.31. The Labute approximate surface area is 123 Å². The van der Waals surface area contributed by atoms with Crippen LogP contribution >= 0.6 is 0 Å². The molecule has 0 unspecified atom stereocenters. The molecule has 0 atom stereocenters. The lowest BCUT2D eigenvalue weighted by Gasteiger charge is -2.18. The third-order valence-electron chi connectivity index (χ3n) is 3.26. The molecule has 3 rings (SSSR count). The molecule has 0 radical (unpaired) electrons. The molecule has 0 aliphatic heterocycles. The van der Waals surface area contributed by atoms with E-state index in [-0.39, 0.29) is 5.95 Å². The number of hydrogen-bond donors (Lipinski definition) is 2. The first-order chi connectivity index (χ1) is 10.1. The molecule has 5 nitrogen and oxygen atoms in total. The molecule has 1 aromatic heterocycles. The molecule has 0 amide bonds. The number of nitrogen functional groups attached to an aromatic ring is 1. The van der Waals surface area contributed by atoms with Crippen LogP contribution < -0.4 is 16.0 Å². The van der Waals surface area contributed by atoms with Crippen molar-refractivity contribution in [3.8, 4) is 0 Å². The fourth-order valence-electron chi connectivity index (χ4n) is 2.29. The summed E-state index contributed by atoms with van der Waals surface area (Å²) in [5.41, 5.74) is 8.69. The zero-order valence-electron chi connectivity index (χ0n) is 12.0. The number of anilines is 4. The smallest absolute Gasteiger partial charge is 0.222 e. The first-order valence-electron chi connectivity index (χ1n) is 6.71. The van der Waals surface area contributed by atoms with Gasteiger partial charge in [-0.15, -0.1) is 0 Å². The van der Waals surface area contributed by atoms with E-state index < -0.39 is 0 Å². The number of nitrogens with two attached hydrogens (primary N) is 1. The predicted octanol–water partition coefficient (Wildman–Crippen LogP) is 3.02. The maximum absolute atomic E-state index is 5.80. The van der Waals surface area contributed by atoms with Crippen molar-refractivity contribution in [2.75, 3.05) is 30.0 Å². The van der Waals surface area contributed by atoms with E-state index in [0.29, 0.717) is 5.82 Å². The summed E-state index contributed by atoms with van der Waals surface area (Å²) in [4.78, 5) is 10.6. The molecule has 0 saturated heterocycles. The van der Waals surface area contributed by atoms with E-state index in [4.69, 9.17) is 5.73 Å². The Morgan fingerprint density at radius 2 is 1.67 bits per heavy atom. The molecule has 0 saturated carbocycles. The topological polar surface area (TPSA) is 67.1 Å². The van der Waals surface area contributed by atoms with E-state index in [1.54, 1.807) is 0 Å². The van der Waals surface area contributed by atoms with Gasteiger partial charge in [0.1, 0.15) is 5.82 Å². The molecule has 21 heavy (non-hydrogen) atoms. The third-order valence-corrected chi connectivity index (χ3v) is 3.26. The second kappa shape index (κ2) is 5.28. The number of nitrogens with one attached hydrogen (secondary N) is 1. The van der Waals surface area contributed by atoms with Crippen molar-refractivity contribution in [2.45, 2.75) is 0 Å². The minimum atomic E-state index is 0.263. The Morgan fingerprint density at radius 3 is 2.48 bits per heavy atom. The van der Waals surface area contributed by atoms with Crippen molar-refractivity contribution in [3.05, 3.63) is 48.5 Å². The summed E-state index contributed by atoms with van der Waals surface area (Å²) in [6.45, 7) is 0. The highest BCUT2D eigenvalue weighted by Crippen LogP contribution is 2.29. The molecule has 3 aromatic rings. The van der Waals surface area contributed by atoms with E-state index in [2.05, 4.69) is 26.3 Å². The lowest BCUT2D eigenvalue weighted by atomic mass is 10.2. The van der Waals surface area contributed by atoms with Gasteiger partial charge in [0.05, 0.1) is 16.9 Å². The van der Waals surface area contributed by atoms with Crippen molar-refractivity contribution in [1.29, 1.82) is 0 Å². The monoisotopic (exact) mass is 279 g/mol. The van der Waals surface area contributed by atoms with Crippen LogP contribution in [0.25, 0.3) is 10.9 Å². The molecule has 3 N–H and O–H groups in total. The average Bonchev–Trinajstić information content (AvgIpc) is 2.47. The van der Waals surface area contributed by atoms with Gasteiger partial charge in [-0.25, -0.2) is 4.98 Å². The van der Waals surface area contributed by atoms with Crippen LogP contribution in [0.5, 0.6) is 0 Å². The molecular formula is C16H17N5. The van der Waals surface area contributed by atoms with E-state index in [0.717, 1.165) is 22.3 Å². The van der Waals surface area contributed by atoms with Crippen molar-refractivity contribution in [2.24, 2.45) is 0 Å². The van der Waals surface area contributed by atoms with Crippen LogP contribution in [0, 0.1) is 0 Å². The van der Waals surface area contributed by atoms with Crippen LogP contribution in [0.1, 0.15) is 0 Å². The van der Waals surface area contributed by atoms with Crippen molar-refractivity contribution in [1.82, 2.24) is 9.97 Å². The summed E-state index contributed by atoms with van der Waals surface area (Å²) < 4.78 is 0. The Bertz CT molecular complexity index is 782. The molecule has 5 heteroatoms. The van der Waals surface area contributed by atoms with Gasteiger partial charge in [-0.3, -0.25) is 0 Å². The average molecular weight is 279 g/mol. The number of nitrogens with zero attached hydrogens (tertiary/aromatic N) is 3. The quantitative estimate of drug-likeness (QED) is 0.771. The molecular weight excluding hydrogens is 262 g/mol. The van der Waals surface area contributed by atoms with E-state index in [1.807, 2.05) is 56.6 Å². The Morgan fingerprint density at radius 1 is 0.952 bits per heavy atom. The number of fused-ring (bicyclic) bond motifs is 1. The summed E-state index contributed by atoms with van der Waals surface area (Å²) in [7, 11) is 4.01. The lowest BCUT2D eigenvalue weighted by molar-refractivity contribution is 1.13. The molecule has 0 fully saturated rings. The van der Waals surface area contributed by atoms with E-state index in [1.165, 1.54) is 0 Å². The summed E-state index contributed by atoms with van der Waals surface area (Å²) in [6.07, 6.45) is 0. The van der Waals surface area contributed by atoms with E-state index >= 15 is 0 Å². The van der Waals surface area contributed by atoms with Gasteiger partial charge >= 0.3 is 0 Å². The first-order valence-corrected chi connectivity index (χ1v) is 6.71. The standard InChI is InChI=1S/C16H17N5/c1-21(2)14-10-6-5-9-13(14)18-15-11-7-3-4-8-12(11)19-16(17)20-15/h3-10H,1-2H3,(H3,17,18,19,20). The Balaban J connectivity index is 2.10. The number of para-hydroxylation sites is 3. The molecule has 0 aliphatic rings. The van der Waals surface area contributed by atoms with Crippen LogP contribution in [-0.2, 0) is 0 Å². The molecule has 1 heterocycles. The highest BCUT2D eigenvalue weighted by atomic mass is 15.1. The normalized spacial score (nSPS) is 10.6. The number of benzene rings is 2. The zero-order chi connectivity index (χ0) is 14.8. The fourth-order valence-corrected chi connectivity index (χ4v) is 2.29. The largest absolute Gasteiger partial charge is 0.376 e. The van der Waals surface area contributed by atoms with Crippen LogP contribution in [0.4, 0.5) is 23.1 Å². The van der Waals surface area contributed by atoms with Gasteiger partial charge in [0.2, 0.25) is 5.95 Å².